The van der Waals surface area contributed by atoms with Crippen molar-refractivity contribution in [3.8, 4) is 0 Å². The topological polar surface area (TPSA) is 71.5 Å². The van der Waals surface area contributed by atoms with E-state index in [0.717, 1.165) is 0 Å². The van der Waals surface area contributed by atoms with Crippen LogP contribution >= 0.6 is 0 Å². The van der Waals surface area contributed by atoms with Crippen LogP contribution in [0, 0.1) is 0 Å². The summed E-state index contributed by atoms with van der Waals surface area (Å²) in [7, 11) is 0. The quantitative estimate of drug-likeness (QED) is 0.574. The van der Waals surface area contributed by atoms with Crippen molar-refractivity contribution in [1.82, 2.24) is 20.6 Å². The number of ketones is 1. The van der Waals surface area contributed by atoms with E-state index in [-0.39, 0.29) is 5.78 Å². The zero-order chi connectivity index (χ0) is 7.40. The van der Waals surface area contributed by atoms with Crippen LogP contribution in [0.5, 0.6) is 0 Å². The summed E-state index contributed by atoms with van der Waals surface area (Å²) < 4.78 is 0. The van der Waals surface area contributed by atoms with Crippen molar-refractivity contribution in [2.45, 2.75) is 6.92 Å². The molecule has 52 valence electrons. The molecule has 1 rings (SSSR count). The van der Waals surface area contributed by atoms with Crippen LogP contribution in [0.1, 0.15) is 12.7 Å². The Morgan fingerprint density at radius 1 is 1.70 bits per heavy atom. The molecule has 5 heteroatoms. The van der Waals surface area contributed by atoms with Gasteiger partial charge in [0.2, 0.25) is 0 Å². The number of rotatable bonds is 2. The Hall–Kier alpha value is -1.52. The largest absolute Gasteiger partial charge is 0.295 e. The van der Waals surface area contributed by atoms with Crippen molar-refractivity contribution >= 4 is 11.9 Å². The molecular weight excluding hydrogens is 132 g/mol. The number of carbonyl (C=O) groups is 1. The molecule has 0 bridgehead atoms. The number of aromatic amines is 1. The number of hydrogen-bond donors (Lipinski definition) is 1. The van der Waals surface area contributed by atoms with Crippen LogP contribution in [0.4, 0.5) is 0 Å². The molecule has 1 aromatic rings. The van der Waals surface area contributed by atoms with Gasteiger partial charge in [-0.15, -0.1) is 10.2 Å². The minimum absolute atomic E-state index is 0.0372. The molecule has 0 amide bonds. The molecule has 0 spiro atoms. The zero-order valence-corrected chi connectivity index (χ0v) is 5.40. The van der Waals surface area contributed by atoms with E-state index < -0.39 is 0 Å². The van der Waals surface area contributed by atoms with Crippen molar-refractivity contribution < 1.29 is 4.79 Å². The van der Waals surface area contributed by atoms with Crippen LogP contribution in [0.2, 0.25) is 0 Å². The van der Waals surface area contributed by atoms with Crippen LogP contribution in [-0.4, -0.2) is 26.4 Å². The van der Waals surface area contributed by atoms with E-state index in [0.29, 0.717) is 5.82 Å². The summed E-state index contributed by atoms with van der Waals surface area (Å²) in [5, 5.41) is 12.8. The van der Waals surface area contributed by atoms with Gasteiger partial charge in [-0.05, 0) is 24.3 Å². The van der Waals surface area contributed by atoms with Gasteiger partial charge in [0.25, 0.3) is 0 Å². The molecule has 10 heavy (non-hydrogen) atoms. The number of H-pyrrole nitrogens is 1. The highest BCUT2D eigenvalue weighted by Gasteiger charge is 1.89. The van der Waals surface area contributed by atoms with E-state index in [1.807, 2.05) is 0 Å². The number of nitrogens with zero attached hydrogens (tertiary/aromatic N) is 3. The molecule has 0 fully saturated rings. The van der Waals surface area contributed by atoms with Crippen molar-refractivity contribution in [2.75, 3.05) is 0 Å². The second-order valence-electron chi connectivity index (χ2n) is 1.71. The summed E-state index contributed by atoms with van der Waals surface area (Å²) in [6.07, 6.45) is 2.87. The number of aromatic nitrogens is 4. The molecule has 1 heterocycles. The minimum Gasteiger partial charge on any atom is -0.295 e. The number of allylic oxidation sites excluding steroid dienone is 1. The first-order valence-electron chi connectivity index (χ1n) is 2.71. The summed E-state index contributed by atoms with van der Waals surface area (Å²) in [5.74, 6) is 0.375. The summed E-state index contributed by atoms with van der Waals surface area (Å²) in [6.45, 7) is 1.45. The molecule has 0 atom stereocenters. The highest BCUT2D eigenvalue weighted by Crippen LogP contribution is 1.87. The average molecular weight is 138 g/mol. The second kappa shape index (κ2) is 2.86. The van der Waals surface area contributed by atoms with Gasteiger partial charge in [0.15, 0.2) is 11.6 Å². The first kappa shape index (κ1) is 6.60. The highest BCUT2D eigenvalue weighted by atomic mass is 16.1. The standard InChI is InChI=1S/C5H6N4O/c1-4(10)2-3-5-6-8-9-7-5/h2-3H,1H3,(H,6,7,8,9)/b3-2+. The molecule has 1 aromatic heterocycles. The highest BCUT2D eigenvalue weighted by molar-refractivity contribution is 5.90. The predicted octanol–water partition coefficient (Wildman–Crippen LogP) is -0.198. The molecule has 1 N–H and O–H groups in total. The Morgan fingerprint density at radius 3 is 3.00 bits per heavy atom. The maximum Gasteiger partial charge on any atom is 0.197 e. The fourth-order valence-electron chi connectivity index (χ4n) is 0.432. The van der Waals surface area contributed by atoms with Gasteiger partial charge in [0, 0.05) is 0 Å². The van der Waals surface area contributed by atoms with Gasteiger partial charge in [-0.25, -0.2) is 0 Å². The van der Waals surface area contributed by atoms with Crippen LogP contribution in [-0.2, 0) is 4.79 Å². The molecular formula is C5H6N4O. The molecule has 0 aliphatic heterocycles. The van der Waals surface area contributed by atoms with E-state index >= 15 is 0 Å². The third-order valence-electron chi connectivity index (χ3n) is 0.829. The van der Waals surface area contributed by atoms with Crippen LogP contribution in [0.3, 0.4) is 0 Å². The molecule has 0 saturated carbocycles. The molecule has 0 unspecified atom stereocenters. The van der Waals surface area contributed by atoms with E-state index in [4.69, 9.17) is 0 Å². The summed E-state index contributed by atoms with van der Waals surface area (Å²) in [4.78, 5) is 10.4. The van der Waals surface area contributed by atoms with Gasteiger partial charge in [-0.2, -0.15) is 5.21 Å². The lowest BCUT2D eigenvalue weighted by Crippen LogP contribution is -1.81. The van der Waals surface area contributed by atoms with Crippen molar-refractivity contribution in [3.63, 3.8) is 0 Å². The van der Waals surface area contributed by atoms with Gasteiger partial charge in [0.05, 0.1) is 0 Å². The fraction of sp³-hybridized carbons (Fsp3) is 0.200. The first-order valence-corrected chi connectivity index (χ1v) is 2.71. The number of carbonyl (C=O) groups excluding carboxylic acids is 1. The van der Waals surface area contributed by atoms with Crippen LogP contribution in [0.25, 0.3) is 6.08 Å². The fourth-order valence-corrected chi connectivity index (χ4v) is 0.432. The lowest BCUT2D eigenvalue weighted by molar-refractivity contribution is -0.112. The van der Waals surface area contributed by atoms with Gasteiger partial charge >= 0.3 is 0 Å². The van der Waals surface area contributed by atoms with E-state index in [1.54, 1.807) is 0 Å². The zero-order valence-electron chi connectivity index (χ0n) is 5.40. The van der Waals surface area contributed by atoms with Gasteiger partial charge < -0.3 is 0 Å². The predicted molar refractivity (Wildman–Crippen MR) is 33.9 cm³/mol. The van der Waals surface area contributed by atoms with Crippen molar-refractivity contribution in [1.29, 1.82) is 0 Å². The maximum atomic E-state index is 10.4. The Balaban J connectivity index is 2.64. The van der Waals surface area contributed by atoms with Gasteiger partial charge in [-0.1, -0.05) is 0 Å². The average Bonchev–Trinajstić information content (AvgIpc) is 2.34. The second-order valence-corrected chi connectivity index (χ2v) is 1.71. The molecule has 0 radical (unpaired) electrons. The van der Waals surface area contributed by atoms with Gasteiger partial charge in [-0.3, -0.25) is 4.79 Å². The Labute approximate surface area is 57.1 Å². The lowest BCUT2D eigenvalue weighted by Gasteiger charge is -1.75. The van der Waals surface area contributed by atoms with Crippen molar-refractivity contribution in [2.24, 2.45) is 0 Å². The summed E-state index contributed by atoms with van der Waals surface area (Å²) in [5.41, 5.74) is 0. The Bertz CT molecular complexity index is 238. The van der Waals surface area contributed by atoms with E-state index in [1.165, 1.54) is 19.1 Å². The normalized spacial score (nSPS) is 10.5. The van der Waals surface area contributed by atoms with E-state index in [2.05, 4.69) is 20.6 Å². The Kier molecular flexibility index (Phi) is 1.89. The third kappa shape index (κ3) is 1.77. The van der Waals surface area contributed by atoms with Gasteiger partial charge in [0.1, 0.15) is 0 Å². The molecule has 0 aliphatic carbocycles. The number of nitrogens with one attached hydrogen (secondary N) is 1. The van der Waals surface area contributed by atoms with Crippen LogP contribution < -0.4 is 0 Å². The number of hydrogen-bond acceptors (Lipinski definition) is 4. The summed E-state index contributed by atoms with van der Waals surface area (Å²) in [6, 6.07) is 0. The summed E-state index contributed by atoms with van der Waals surface area (Å²) >= 11 is 0. The van der Waals surface area contributed by atoms with Crippen molar-refractivity contribution in [3.05, 3.63) is 11.9 Å². The Morgan fingerprint density at radius 2 is 2.50 bits per heavy atom. The lowest BCUT2D eigenvalue weighted by atomic mass is 10.4. The van der Waals surface area contributed by atoms with E-state index in [9.17, 15) is 4.79 Å². The maximum absolute atomic E-state index is 10.4. The monoisotopic (exact) mass is 138 g/mol. The smallest absolute Gasteiger partial charge is 0.197 e. The molecule has 5 nitrogen and oxygen atoms in total. The number of tetrazole rings is 1. The molecule has 0 aliphatic rings. The third-order valence-corrected chi connectivity index (χ3v) is 0.829. The molecule has 0 aromatic carbocycles. The first-order chi connectivity index (χ1) is 4.79. The molecule has 0 saturated heterocycles. The minimum atomic E-state index is -0.0372. The SMILES string of the molecule is CC(=O)/C=C/c1nn[nH]n1. The van der Waals surface area contributed by atoms with Crippen LogP contribution in [0.15, 0.2) is 6.08 Å².